The van der Waals surface area contributed by atoms with Crippen LogP contribution in [0.25, 0.3) is 0 Å². The Morgan fingerprint density at radius 1 is 1.32 bits per heavy atom. The summed E-state index contributed by atoms with van der Waals surface area (Å²) in [6, 6.07) is 0. The van der Waals surface area contributed by atoms with E-state index in [2.05, 4.69) is 4.98 Å². The van der Waals surface area contributed by atoms with Gasteiger partial charge in [-0.15, -0.1) is 0 Å². The summed E-state index contributed by atoms with van der Waals surface area (Å²) >= 11 is 0. The SMILES string of the molecule is CC[C@H]1O[C@@H](n2cc(COC(C)=O)c(=O)[nH]c2=O)[C@H]2OC(C)(C)OC12. The Morgan fingerprint density at radius 2 is 2.00 bits per heavy atom. The molecule has 2 aliphatic heterocycles. The van der Waals surface area contributed by atoms with Crippen molar-refractivity contribution in [1.29, 1.82) is 0 Å². The lowest BCUT2D eigenvalue weighted by Crippen LogP contribution is -2.38. The molecule has 0 amide bonds. The minimum absolute atomic E-state index is 0.146. The Kier molecular flexibility index (Phi) is 4.56. The van der Waals surface area contributed by atoms with Gasteiger partial charge in [0, 0.05) is 13.1 Å². The van der Waals surface area contributed by atoms with Crippen molar-refractivity contribution >= 4 is 5.97 Å². The molecule has 2 aliphatic rings. The van der Waals surface area contributed by atoms with Crippen LogP contribution in [0.15, 0.2) is 15.8 Å². The molecule has 0 spiro atoms. The van der Waals surface area contributed by atoms with Gasteiger partial charge in [0.2, 0.25) is 0 Å². The summed E-state index contributed by atoms with van der Waals surface area (Å²) in [6.45, 7) is 6.58. The predicted molar refractivity (Wildman–Crippen MR) is 84.8 cm³/mol. The van der Waals surface area contributed by atoms with Gasteiger partial charge < -0.3 is 18.9 Å². The van der Waals surface area contributed by atoms with E-state index in [-0.39, 0.29) is 24.4 Å². The first kappa shape index (κ1) is 17.8. The zero-order chi connectivity index (χ0) is 18.4. The molecule has 0 aliphatic carbocycles. The predicted octanol–water partition coefficient (Wildman–Crippen LogP) is 0.427. The van der Waals surface area contributed by atoms with Crippen molar-refractivity contribution in [2.45, 2.75) is 71.0 Å². The fourth-order valence-electron chi connectivity index (χ4n) is 3.21. The van der Waals surface area contributed by atoms with E-state index in [9.17, 15) is 14.4 Å². The molecule has 4 atom stereocenters. The Hall–Kier alpha value is -1.97. The van der Waals surface area contributed by atoms with Crippen LogP contribution in [0.2, 0.25) is 0 Å². The van der Waals surface area contributed by atoms with E-state index in [1.54, 1.807) is 13.8 Å². The quantitative estimate of drug-likeness (QED) is 0.781. The molecule has 9 heteroatoms. The number of esters is 1. The number of hydrogen-bond donors (Lipinski definition) is 1. The normalized spacial score (nSPS) is 30.2. The number of carbonyl (C=O) groups excluding carboxylic acids is 1. The number of aromatic amines is 1. The average molecular weight is 354 g/mol. The fraction of sp³-hybridized carbons (Fsp3) is 0.688. The summed E-state index contributed by atoms with van der Waals surface area (Å²) in [5.74, 6) is -1.30. The van der Waals surface area contributed by atoms with E-state index in [4.69, 9.17) is 18.9 Å². The zero-order valence-corrected chi connectivity index (χ0v) is 14.6. The van der Waals surface area contributed by atoms with Crippen molar-refractivity contribution < 1.29 is 23.7 Å². The number of carbonyl (C=O) groups is 1. The first-order valence-electron chi connectivity index (χ1n) is 8.20. The first-order chi connectivity index (χ1) is 11.7. The summed E-state index contributed by atoms with van der Waals surface area (Å²) in [7, 11) is 0. The molecule has 1 aromatic rings. The second-order valence-electron chi connectivity index (χ2n) is 6.64. The zero-order valence-electron chi connectivity index (χ0n) is 14.6. The molecule has 138 valence electrons. The largest absolute Gasteiger partial charge is 0.461 e. The maximum absolute atomic E-state index is 12.3. The maximum Gasteiger partial charge on any atom is 0.330 e. The number of fused-ring (bicyclic) bond motifs is 1. The highest BCUT2D eigenvalue weighted by Crippen LogP contribution is 2.43. The third-order valence-corrected chi connectivity index (χ3v) is 4.27. The average Bonchev–Trinajstić information content (AvgIpc) is 2.99. The van der Waals surface area contributed by atoms with Crippen molar-refractivity contribution in [3.8, 4) is 0 Å². The maximum atomic E-state index is 12.3. The monoisotopic (exact) mass is 354 g/mol. The molecule has 2 fully saturated rings. The molecule has 3 rings (SSSR count). The highest BCUT2D eigenvalue weighted by molar-refractivity contribution is 5.65. The van der Waals surface area contributed by atoms with Gasteiger partial charge in [0.1, 0.15) is 18.8 Å². The van der Waals surface area contributed by atoms with Gasteiger partial charge in [0.25, 0.3) is 5.56 Å². The summed E-state index contributed by atoms with van der Waals surface area (Å²) in [5, 5.41) is 0. The van der Waals surface area contributed by atoms with E-state index < -0.39 is 35.3 Å². The summed E-state index contributed by atoms with van der Waals surface area (Å²) in [5.41, 5.74) is -1.08. The van der Waals surface area contributed by atoms with E-state index in [1.807, 2.05) is 6.92 Å². The van der Waals surface area contributed by atoms with Crippen LogP contribution >= 0.6 is 0 Å². The molecule has 0 aromatic carbocycles. The molecule has 0 saturated carbocycles. The molecule has 3 heterocycles. The van der Waals surface area contributed by atoms with Gasteiger partial charge in [0.15, 0.2) is 12.0 Å². The highest BCUT2D eigenvalue weighted by Gasteiger charge is 2.55. The van der Waals surface area contributed by atoms with Crippen molar-refractivity contribution in [2.75, 3.05) is 0 Å². The lowest BCUT2D eigenvalue weighted by molar-refractivity contribution is -0.197. The van der Waals surface area contributed by atoms with Gasteiger partial charge in [-0.1, -0.05) is 6.92 Å². The van der Waals surface area contributed by atoms with Crippen LogP contribution in [0.5, 0.6) is 0 Å². The van der Waals surface area contributed by atoms with E-state index in [0.717, 1.165) is 0 Å². The number of ether oxygens (including phenoxy) is 4. The molecular weight excluding hydrogens is 332 g/mol. The fourth-order valence-corrected chi connectivity index (χ4v) is 3.21. The Bertz CT molecular complexity index is 781. The number of rotatable bonds is 4. The number of aromatic nitrogens is 2. The summed E-state index contributed by atoms with van der Waals surface area (Å²) in [6.07, 6.45) is 0.282. The molecule has 9 nitrogen and oxygen atoms in total. The lowest BCUT2D eigenvalue weighted by Gasteiger charge is -2.24. The number of nitrogens with one attached hydrogen (secondary N) is 1. The summed E-state index contributed by atoms with van der Waals surface area (Å²) < 4.78 is 23.9. The third-order valence-electron chi connectivity index (χ3n) is 4.27. The van der Waals surface area contributed by atoms with E-state index in [0.29, 0.717) is 6.42 Å². The van der Waals surface area contributed by atoms with Crippen molar-refractivity contribution in [3.05, 3.63) is 32.6 Å². The molecule has 2 saturated heterocycles. The van der Waals surface area contributed by atoms with Crippen LogP contribution < -0.4 is 11.2 Å². The van der Waals surface area contributed by atoms with Gasteiger partial charge in [-0.25, -0.2) is 4.79 Å². The van der Waals surface area contributed by atoms with Gasteiger partial charge >= 0.3 is 11.7 Å². The smallest absolute Gasteiger partial charge is 0.330 e. The summed E-state index contributed by atoms with van der Waals surface area (Å²) in [4.78, 5) is 37.4. The van der Waals surface area contributed by atoms with Crippen LogP contribution in [0.3, 0.4) is 0 Å². The van der Waals surface area contributed by atoms with Crippen LogP contribution in [0, 0.1) is 0 Å². The van der Waals surface area contributed by atoms with Crippen LogP contribution in [0.1, 0.15) is 45.9 Å². The minimum Gasteiger partial charge on any atom is -0.461 e. The molecule has 25 heavy (non-hydrogen) atoms. The van der Waals surface area contributed by atoms with E-state index in [1.165, 1.54) is 17.7 Å². The minimum atomic E-state index is -0.781. The van der Waals surface area contributed by atoms with Gasteiger partial charge in [-0.05, 0) is 20.3 Å². The molecule has 0 radical (unpaired) electrons. The van der Waals surface area contributed by atoms with Gasteiger partial charge in [-0.3, -0.25) is 19.1 Å². The Labute approximate surface area is 143 Å². The second kappa shape index (κ2) is 6.40. The van der Waals surface area contributed by atoms with Crippen molar-refractivity contribution in [3.63, 3.8) is 0 Å². The molecule has 1 unspecified atom stereocenters. The van der Waals surface area contributed by atoms with Gasteiger partial charge in [-0.2, -0.15) is 0 Å². The van der Waals surface area contributed by atoms with Crippen LogP contribution in [-0.4, -0.2) is 39.6 Å². The van der Waals surface area contributed by atoms with Crippen LogP contribution in [-0.2, 0) is 30.3 Å². The van der Waals surface area contributed by atoms with E-state index >= 15 is 0 Å². The molecule has 0 bridgehead atoms. The number of hydrogen-bond acceptors (Lipinski definition) is 7. The first-order valence-corrected chi connectivity index (χ1v) is 8.20. The molecule has 1 aromatic heterocycles. The molecule has 1 N–H and O–H groups in total. The van der Waals surface area contributed by atoms with Crippen molar-refractivity contribution in [2.24, 2.45) is 0 Å². The Balaban J connectivity index is 1.95. The lowest BCUT2D eigenvalue weighted by atomic mass is 10.1. The second-order valence-corrected chi connectivity index (χ2v) is 6.64. The standard InChI is InChI=1S/C16H22N2O7/c1-5-10-11-12(25-16(3,4)24-11)14(23-10)18-6-9(7-22-8(2)19)13(20)17-15(18)21/h6,10-12,14H,5,7H2,1-4H3,(H,17,20,21)/t10-,11?,12+,14-/m1/s1. The highest BCUT2D eigenvalue weighted by atomic mass is 16.8. The topological polar surface area (TPSA) is 109 Å². The Morgan fingerprint density at radius 3 is 2.64 bits per heavy atom. The third kappa shape index (κ3) is 3.39. The van der Waals surface area contributed by atoms with Crippen molar-refractivity contribution in [1.82, 2.24) is 9.55 Å². The number of nitrogens with zero attached hydrogens (tertiary/aromatic N) is 1. The molecular formula is C16H22N2O7. The van der Waals surface area contributed by atoms with Crippen LogP contribution in [0.4, 0.5) is 0 Å². The number of H-pyrrole nitrogens is 1. The van der Waals surface area contributed by atoms with Gasteiger partial charge in [0.05, 0.1) is 11.7 Å².